The van der Waals surface area contributed by atoms with E-state index in [0.29, 0.717) is 45.2 Å². The summed E-state index contributed by atoms with van der Waals surface area (Å²) < 4.78 is 8.20. The highest BCUT2D eigenvalue weighted by Crippen LogP contribution is 2.16. The highest BCUT2D eigenvalue weighted by Gasteiger charge is 2.13. The van der Waals surface area contributed by atoms with Crippen molar-refractivity contribution in [2.45, 2.75) is 11.7 Å². The number of thioether (sulfide) groups is 1. The Balaban J connectivity index is 1.69. The molecule has 144 valence electrons. The van der Waals surface area contributed by atoms with Gasteiger partial charge in [-0.3, -0.25) is 14.2 Å². The Morgan fingerprint density at radius 1 is 1.07 bits per heavy atom. The number of fused-ring (bicyclic) bond motifs is 2. The third-order valence-electron chi connectivity index (χ3n) is 4.59. The molecule has 0 atom stereocenters. The molecule has 29 heavy (non-hydrogen) atoms. The maximum absolute atomic E-state index is 13.0. The van der Waals surface area contributed by atoms with Crippen LogP contribution >= 0.6 is 11.8 Å². The lowest BCUT2D eigenvalue weighted by atomic mass is 10.2. The molecule has 5 rings (SSSR count). The van der Waals surface area contributed by atoms with Crippen LogP contribution in [0.2, 0.25) is 0 Å². The van der Waals surface area contributed by atoms with Crippen molar-refractivity contribution in [1.29, 1.82) is 0 Å². The molecule has 0 saturated carbocycles. The Kier molecular flexibility index (Phi) is 4.06. The molecule has 0 aliphatic heterocycles. The molecule has 0 bridgehead atoms. The highest BCUT2D eigenvalue weighted by atomic mass is 32.2. The van der Waals surface area contributed by atoms with Gasteiger partial charge in [0.15, 0.2) is 0 Å². The van der Waals surface area contributed by atoms with Crippen LogP contribution in [0.3, 0.4) is 0 Å². The first-order valence-electron chi connectivity index (χ1n) is 8.69. The minimum absolute atomic E-state index is 0.243. The molecule has 0 aliphatic rings. The van der Waals surface area contributed by atoms with E-state index >= 15 is 0 Å². The van der Waals surface area contributed by atoms with E-state index < -0.39 is 0 Å². The fourth-order valence-corrected chi connectivity index (χ4v) is 3.48. The summed E-state index contributed by atoms with van der Waals surface area (Å²) in [7, 11) is 0. The minimum Gasteiger partial charge on any atom is -0.467 e. The number of aromatic nitrogens is 6. The molecule has 0 aliphatic carbocycles. The van der Waals surface area contributed by atoms with Crippen LogP contribution in [-0.2, 0) is 6.54 Å². The third kappa shape index (κ3) is 2.93. The minimum atomic E-state index is -0.332. The normalized spacial score (nSPS) is 11.5. The second kappa shape index (κ2) is 6.74. The summed E-state index contributed by atoms with van der Waals surface area (Å²) in [6, 6.07) is 8.63. The smallest absolute Gasteiger partial charge is 0.266 e. The second-order valence-corrected chi connectivity index (χ2v) is 7.09. The Bertz CT molecular complexity index is 1470. The molecular weight excluding hydrogens is 392 g/mol. The van der Waals surface area contributed by atoms with Crippen LogP contribution in [0.5, 0.6) is 0 Å². The first-order chi connectivity index (χ1) is 14.1. The van der Waals surface area contributed by atoms with Crippen molar-refractivity contribution in [3.63, 3.8) is 0 Å². The monoisotopic (exact) mass is 406 g/mol. The van der Waals surface area contributed by atoms with Crippen molar-refractivity contribution in [2.75, 3.05) is 6.26 Å². The van der Waals surface area contributed by atoms with E-state index in [1.54, 1.807) is 49.0 Å². The summed E-state index contributed by atoms with van der Waals surface area (Å²) in [6.45, 7) is 0.300. The van der Waals surface area contributed by atoms with Gasteiger partial charge in [-0.25, -0.2) is 10.1 Å². The van der Waals surface area contributed by atoms with E-state index in [1.165, 1.54) is 20.9 Å². The van der Waals surface area contributed by atoms with E-state index in [4.69, 9.17) is 4.42 Å². The molecule has 0 amide bonds. The van der Waals surface area contributed by atoms with Gasteiger partial charge < -0.3 is 8.98 Å². The van der Waals surface area contributed by atoms with Gasteiger partial charge in [-0.05, 0) is 36.6 Å². The van der Waals surface area contributed by atoms with Crippen molar-refractivity contribution < 1.29 is 4.42 Å². The first kappa shape index (κ1) is 17.4. The second-order valence-electron chi connectivity index (χ2n) is 6.32. The fraction of sp³-hybridized carbons (Fsp3) is 0.105. The zero-order chi connectivity index (χ0) is 20.0. The maximum atomic E-state index is 13.0. The van der Waals surface area contributed by atoms with Crippen LogP contribution < -0.4 is 11.1 Å². The van der Waals surface area contributed by atoms with E-state index in [9.17, 15) is 9.59 Å². The number of nitrogens with one attached hydrogen (secondary N) is 1. The van der Waals surface area contributed by atoms with E-state index in [0.717, 1.165) is 0 Å². The zero-order valence-electron chi connectivity index (χ0n) is 15.2. The Labute approximate surface area is 167 Å². The lowest BCUT2D eigenvalue weighted by Crippen LogP contribution is -2.22. The van der Waals surface area contributed by atoms with Crippen LogP contribution in [-0.4, -0.2) is 35.6 Å². The topological polar surface area (TPSA) is 112 Å². The van der Waals surface area contributed by atoms with Gasteiger partial charge in [-0.1, -0.05) is 11.8 Å². The van der Waals surface area contributed by atoms with Crippen molar-refractivity contribution in [1.82, 2.24) is 29.3 Å². The number of hydrogen-bond acceptors (Lipinski definition) is 7. The number of rotatable bonds is 4. The van der Waals surface area contributed by atoms with Crippen LogP contribution in [0.15, 0.2) is 68.2 Å². The Hall–Kier alpha value is -3.66. The third-order valence-corrected chi connectivity index (χ3v) is 5.13. The SMILES string of the molecule is CSc1n[nH]c(-n2ccc3nc4ccn(Cc5ccco5)c(=O)c4cc3c2=O)n1. The molecule has 0 saturated heterocycles. The number of H-pyrrole nitrogens is 1. The molecule has 5 aromatic heterocycles. The van der Waals surface area contributed by atoms with Gasteiger partial charge in [0.1, 0.15) is 5.76 Å². The lowest BCUT2D eigenvalue weighted by Gasteiger charge is -2.07. The molecule has 1 N–H and O–H groups in total. The molecule has 9 nitrogen and oxygen atoms in total. The summed E-state index contributed by atoms with van der Waals surface area (Å²) in [5, 5.41) is 8.00. The molecule has 0 radical (unpaired) electrons. The highest BCUT2D eigenvalue weighted by molar-refractivity contribution is 7.98. The number of aromatic amines is 1. The van der Waals surface area contributed by atoms with Crippen molar-refractivity contribution in [3.8, 4) is 5.95 Å². The van der Waals surface area contributed by atoms with Crippen LogP contribution in [0.1, 0.15) is 5.76 Å². The number of furan rings is 1. The summed E-state index contributed by atoms with van der Waals surface area (Å²) in [4.78, 5) is 34.7. The van der Waals surface area contributed by atoms with Gasteiger partial charge in [0.05, 0.1) is 34.6 Å². The summed E-state index contributed by atoms with van der Waals surface area (Å²) >= 11 is 1.37. The van der Waals surface area contributed by atoms with Gasteiger partial charge in [-0.2, -0.15) is 4.98 Å². The summed E-state index contributed by atoms with van der Waals surface area (Å²) in [5.74, 6) is 0.974. The molecule has 5 aromatic rings. The van der Waals surface area contributed by atoms with Crippen LogP contribution in [0.25, 0.3) is 27.8 Å². The first-order valence-corrected chi connectivity index (χ1v) is 9.91. The predicted molar refractivity (Wildman–Crippen MR) is 109 cm³/mol. The maximum Gasteiger partial charge on any atom is 0.266 e. The molecular formula is C19H14N6O3S. The predicted octanol–water partition coefficient (Wildman–Crippen LogP) is 2.18. The van der Waals surface area contributed by atoms with Gasteiger partial charge in [0.2, 0.25) is 11.1 Å². The molecule has 0 unspecified atom stereocenters. The zero-order valence-corrected chi connectivity index (χ0v) is 16.0. The van der Waals surface area contributed by atoms with Crippen molar-refractivity contribution >= 4 is 33.6 Å². The Morgan fingerprint density at radius 2 is 1.86 bits per heavy atom. The molecule has 0 fully saturated rings. The van der Waals surface area contributed by atoms with Crippen molar-refractivity contribution in [3.05, 3.63) is 75.5 Å². The van der Waals surface area contributed by atoms with Gasteiger partial charge in [0.25, 0.3) is 11.1 Å². The van der Waals surface area contributed by atoms with Gasteiger partial charge >= 0.3 is 0 Å². The molecule has 5 heterocycles. The standard InChI is InChI=1S/C19H14N6O3S/c1-29-19-21-18(22-23-19)25-7-5-15-13(17(25)27)9-12-14(20-15)4-6-24(16(12)26)10-11-3-2-8-28-11/h2-9H,10H2,1H3,(H,21,22,23). The summed E-state index contributed by atoms with van der Waals surface area (Å²) in [5.41, 5.74) is 0.459. The average Bonchev–Trinajstić information content (AvgIpc) is 3.42. The van der Waals surface area contributed by atoms with Crippen LogP contribution in [0, 0.1) is 0 Å². The van der Waals surface area contributed by atoms with Crippen molar-refractivity contribution in [2.24, 2.45) is 0 Å². The van der Waals surface area contributed by atoms with Gasteiger partial charge in [-0.15, -0.1) is 5.10 Å². The lowest BCUT2D eigenvalue weighted by molar-refractivity contribution is 0.490. The number of pyridine rings is 3. The van der Waals surface area contributed by atoms with Gasteiger partial charge in [0, 0.05) is 12.4 Å². The summed E-state index contributed by atoms with van der Waals surface area (Å²) in [6.07, 6.45) is 6.67. The quantitative estimate of drug-likeness (QED) is 0.360. The molecule has 10 heteroatoms. The number of hydrogen-bond donors (Lipinski definition) is 1. The van der Waals surface area contributed by atoms with Crippen LogP contribution in [0.4, 0.5) is 0 Å². The Morgan fingerprint density at radius 3 is 2.59 bits per heavy atom. The average molecular weight is 406 g/mol. The number of nitrogens with zero attached hydrogens (tertiary/aromatic N) is 5. The molecule has 0 aromatic carbocycles. The largest absolute Gasteiger partial charge is 0.467 e. The fourth-order valence-electron chi connectivity index (χ4n) is 3.16. The molecule has 0 spiro atoms. The van der Waals surface area contributed by atoms with E-state index in [-0.39, 0.29) is 11.1 Å². The van der Waals surface area contributed by atoms with E-state index in [1.807, 2.05) is 6.26 Å². The van der Waals surface area contributed by atoms with E-state index in [2.05, 4.69) is 20.2 Å².